The molecule has 0 amide bonds. The van der Waals surface area contributed by atoms with Gasteiger partial charge in [0.1, 0.15) is 0 Å². The van der Waals surface area contributed by atoms with E-state index in [0.717, 1.165) is 0 Å². The molecule has 0 saturated carbocycles. The van der Waals surface area contributed by atoms with E-state index in [1.54, 1.807) is 0 Å². The Hall–Kier alpha value is -0.431. The first-order valence-electron chi connectivity index (χ1n) is 1.30. The molecule has 0 unspecified atom stereocenters. The van der Waals surface area contributed by atoms with Crippen molar-refractivity contribution < 1.29 is 76.2 Å². The van der Waals surface area contributed by atoms with Gasteiger partial charge in [0, 0.05) is 0 Å². The van der Waals surface area contributed by atoms with E-state index in [2.05, 4.69) is 0 Å². The van der Waals surface area contributed by atoms with Gasteiger partial charge in [0.2, 0.25) is 0 Å². The van der Waals surface area contributed by atoms with Gasteiger partial charge in [-0.3, -0.25) is 0 Å². The molecule has 0 aliphatic carbocycles. The molecule has 0 aliphatic rings. The minimum Gasteiger partial charge on any atom is -0.577 e. The molecule has 0 aromatic carbocycles. The molecule has 0 aromatic heterocycles. The van der Waals surface area contributed by atoms with E-state index in [1.165, 1.54) is 0 Å². The molecule has 0 bridgehead atoms. The summed E-state index contributed by atoms with van der Waals surface area (Å²) >= 11 is 0. The van der Waals surface area contributed by atoms with Crippen LogP contribution in [0.15, 0.2) is 0 Å². The molecule has 0 radical (unpaired) electrons. The van der Waals surface area contributed by atoms with Crippen LogP contribution in [0, 0.1) is 64.1 Å². The predicted octanol–water partition coefficient (Wildman–Crippen LogP) is -5.19. The molecular formula is C5FeN6Na2O+2. The Morgan fingerprint density at radius 3 is 0.533 bits per heavy atom. The van der Waals surface area contributed by atoms with Crippen LogP contribution in [-0.4, -0.2) is 0 Å². The summed E-state index contributed by atoms with van der Waals surface area (Å²) in [5, 5.41) is 31.2. The third-order valence-electron chi connectivity index (χ3n) is 0. The van der Waals surface area contributed by atoms with E-state index in [0.29, 0.717) is 0 Å². The van der Waals surface area contributed by atoms with Gasteiger partial charge in [0.05, 0.1) is 0 Å². The number of hydrogen-bond donors (Lipinski definition) is 0. The fraction of sp³-hybridized carbons (Fsp3) is 0. The molecule has 10 heteroatoms. The maximum absolute atomic E-state index is 7.25. The van der Waals surface area contributed by atoms with Crippen molar-refractivity contribution in [2.45, 2.75) is 0 Å². The van der Waals surface area contributed by atoms with Crippen LogP contribution in [0.3, 0.4) is 0 Å². The maximum atomic E-state index is 7.25. The molecular weight excluding hydrogens is 262 g/mol. The van der Waals surface area contributed by atoms with Crippen molar-refractivity contribution in [3.63, 3.8) is 0 Å². The van der Waals surface area contributed by atoms with Crippen molar-refractivity contribution in [3.05, 3.63) is 43.4 Å². The minimum atomic E-state index is 0. The molecule has 0 spiro atoms. The van der Waals surface area contributed by atoms with Gasteiger partial charge in [-0.1, -0.05) is 0 Å². The smallest absolute Gasteiger partial charge is 0.577 e. The number of nitroso groups, excluding NO2 is 1. The van der Waals surface area contributed by atoms with Gasteiger partial charge in [-0.25, -0.2) is 0 Å². The second kappa shape index (κ2) is 11600. The second-order valence-electron chi connectivity index (χ2n) is 0. The summed E-state index contributed by atoms with van der Waals surface area (Å²) in [6, 6.07) is 0. The monoisotopic (exact) mass is 262 g/mol. The van der Waals surface area contributed by atoms with Crippen molar-refractivity contribution in [1.82, 2.24) is 0 Å². The SMILES string of the molecule is [C-]#N.[C-]#N.[C-]#N.[C-]#N.[C-]#N.[Fe+6].[N-]=O.[Na+].[Na+]. The Bertz CT molecular complexity index is 98.9. The third kappa shape index (κ3) is 9800. The normalized spacial score (nSPS) is 0.933. The first kappa shape index (κ1) is 86.5. The van der Waals surface area contributed by atoms with Crippen LogP contribution in [0.4, 0.5) is 0 Å². The van der Waals surface area contributed by atoms with Crippen LogP contribution < -0.4 is 59.1 Å². The van der Waals surface area contributed by atoms with Crippen LogP contribution in [0.25, 0.3) is 5.59 Å². The zero-order valence-corrected chi connectivity index (χ0v) is 13.0. The quantitative estimate of drug-likeness (QED) is 0.313. The number of rotatable bonds is 0. The summed E-state index contributed by atoms with van der Waals surface area (Å²) in [5.41, 5.74) is 5.75. The molecule has 0 saturated heterocycles. The molecule has 15 heavy (non-hydrogen) atoms. The van der Waals surface area contributed by atoms with Crippen LogP contribution >= 0.6 is 0 Å². The first-order chi connectivity index (χ1) is 6.00. The van der Waals surface area contributed by atoms with Crippen LogP contribution in [0.2, 0.25) is 0 Å². The summed E-state index contributed by atoms with van der Waals surface area (Å²) in [7, 11) is 0. The predicted molar refractivity (Wildman–Crippen MR) is 31.6 cm³/mol. The maximum Gasteiger partial charge on any atom is 6.00 e. The van der Waals surface area contributed by atoms with Crippen LogP contribution in [-0.2, 0) is 17.1 Å². The summed E-state index contributed by atoms with van der Waals surface area (Å²) in [6.45, 7) is 23.8. The average molecular weight is 262 g/mol. The molecule has 0 heterocycles. The Balaban J connectivity index is -0.00000000396. The Kier molecular flexibility index (Phi) is 66700. The van der Waals surface area contributed by atoms with Gasteiger partial charge >= 0.3 is 76.2 Å². The van der Waals surface area contributed by atoms with Gasteiger partial charge in [-0.2, -0.15) is 0 Å². The van der Waals surface area contributed by atoms with Gasteiger partial charge in [-0.15, -0.1) is 0 Å². The van der Waals surface area contributed by atoms with E-state index >= 15 is 0 Å². The van der Waals surface area contributed by atoms with E-state index in [9.17, 15) is 0 Å². The fourth-order valence-corrected chi connectivity index (χ4v) is 0. The van der Waals surface area contributed by atoms with E-state index in [4.69, 9.17) is 69.7 Å². The molecule has 7 nitrogen and oxygen atoms in total. The Labute approximate surface area is 144 Å². The summed E-state index contributed by atoms with van der Waals surface area (Å²) in [4.78, 5) is 7.25. The number of hydrogen-bond acceptors (Lipinski definition) is 6. The zero-order chi connectivity index (χ0) is 12.0. The van der Waals surface area contributed by atoms with Crippen LogP contribution in [0.1, 0.15) is 0 Å². The molecule has 0 aromatic rings. The Morgan fingerprint density at radius 1 is 0.533 bits per heavy atom. The average Bonchev–Trinajstić information content (AvgIpc) is 2.33. The van der Waals surface area contributed by atoms with Gasteiger partial charge in [-0.05, 0) is 0 Å². The molecule has 0 rings (SSSR count). The standard InChI is InChI=1S/5CN.Fe.NO.2Na/c5*1-2;;1-2;;/q5*-1;+6;-1;2*+1. The molecule has 0 N–H and O–H groups in total. The van der Waals surface area contributed by atoms with Crippen molar-refractivity contribution in [3.8, 4) is 0 Å². The second-order valence-corrected chi connectivity index (χ2v) is 0. The van der Waals surface area contributed by atoms with Gasteiger partial charge in [0.15, 0.2) is 0 Å². The third-order valence-corrected chi connectivity index (χ3v) is 0. The zero-order valence-electron chi connectivity index (χ0n) is 7.95. The van der Waals surface area contributed by atoms with Crippen molar-refractivity contribution in [2.75, 3.05) is 0 Å². The first-order valence-corrected chi connectivity index (χ1v) is 1.30. The van der Waals surface area contributed by atoms with Gasteiger partial charge in [0.25, 0.3) is 0 Å². The fourth-order valence-electron chi connectivity index (χ4n) is 0. The van der Waals surface area contributed by atoms with Gasteiger partial charge < -0.3 is 69.7 Å². The summed E-state index contributed by atoms with van der Waals surface area (Å²) < 4.78 is 0. The topological polar surface area (TPSA) is 158 Å². The largest absolute Gasteiger partial charge is 6.00 e. The minimum absolute atomic E-state index is 0. The van der Waals surface area contributed by atoms with Crippen molar-refractivity contribution in [1.29, 1.82) is 26.3 Å². The van der Waals surface area contributed by atoms with E-state index in [-0.39, 0.29) is 76.2 Å². The van der Waals surface area contributed by atoms with Crippen molar-refractivity contribution in [2.24, 2.45) is 0 Å². The van der Waals surface area contributed by atoms with E-state index in [1.807, 2.05) is 0 Å². The van der Waals surface area contributed by atoms with E-state index < -0.39 is 0 Å². The molecule has 0 fully saturated rings. The van der Waals surface area contributed by atoms with Crippen LogP contribution in [0.5, 0.6) is 0 Å². The molecule has 0 aliphatic heterocycles. The number of nitrogens with zero attached hydrogens (tertiary/aromatic N) is 6. The Morgan fingerprint density at radius 2 is 0.533 bits per heavy atom. The summed E-state index contributed by atoms with van der Waals surface area (Å²) in [5.74, 6) is 0. The summed E-state index contributed by atoms with van der Waals surface area (Å²) in [6.07, 6.45) is 0. The molecule has 0 atom stereocenters. The van der Waals surface area contributed by atoms with Crippen molar-refractivity contribution >= 4 is 0 Å². The molecule has 64 valence electrons.